The number of nitrogens with zero attached hydrogens (tertiary/aromatic N) is 6. The van der Waals surface area contributed by atoms with Crippen LogP contribution in [0.15, 0.2) is 235 Å². The fourth-order valence-corrected chi connectivity index (χ4v) is 14.0. The van der Waals surface area contributed by atoms with E-state index in [2.05, 4.69) is 73.0 Å². The number of aromatic nitrogens is 10. The molecule has 0 bridgehead atoms. The molecule has 11 aromatic carbocycles. The van der Waals surface area contributed by atoms with Crippen molar-refractivity contribution in [3.8, 4) is 34.8 Å². The molecule has 0 fully saturated rings. The number of hydrogen-bond acceptors (Lipinski definition) is 18. The molecule has 0 aliphatic heterocycles. The van der Waals surface area contributed by atoms with Gasteiger partial charge in [0, 0.05) is 0 Å². The lowest BCUT2D eigenvalue weighted by atomic mass is 10.0. The summed E-state index contributed by atoms with van der Waals surface area (Å²) in [6.07, 6.45) is 19.3. The minimum absolute atomic E-state index is 0.241. The predicted octanol–water partition coefficient (Wildman–Crippen LogP) is 18.0. The maximum absolute atomic E-state index is 13.5. The van der Waals surface area contributed by atoms with Crippen molar-refractivity contribution >= 4 is 145 Å². The van der Waals surface area contributed by atoms with Gasteiger partial charge in [0.05, 0.1) is 172 Å². The third-order valence-corrected chi connectivity index (χ3v) is 20.6. The quantitative estimate of drug-likeness (QED) is 0.0224. The summed E-state index contributed by atoms with van der Waals surface area (Å²) in [5.41, 5.74) is 23.3. The van der Waals surface area contributed by atoms with Crippen LogP contribution < -0.4 is 51.1 Å². The zero-order valence-electron chi connectivity index (χ0n) is 72.4. The van der Waals surface area contributed by atoms with Crippen molar-refractivity contribution < 1.29 is 79.1 Å². The zero-order chi connectivity index (χ0) is 94.9. The summed E-state index contributed by atoms with van der Waals surface area (Å²) in [4.78, 5) is 61.0. The molecule has 13 N–H and O–H groups in total. The molecule has 0 unspecified atom stereocenters. The maximum Gasteiger partial charge on any atom is 0.255 e. The monoisotopic (exact) mass is 1810 g/mol. The lowest BCUT2D eigenvalue weighted by Crippen LogP contribution is -2.42. The van der Waals surface area contributed by atoms with Crippen molar-refractivity contribution in [2.75, 3.05) is 42.2 Å². The van der Waals surface area contributed by atoms with E-state index in [-0.39, 0.29) is 65.2 Å². The number of aliphatic hydroxyl groups is 1. The predicted molar refractivity (Wildman–Crippen MR) is 503 cm³/mol. The number of ether oxygens (including phenoxy) is 5. The van der Waals surface area contributed by atoms with Gasteiger partial charge < -0.3 is 60.6 Å². The number of benzene rings is 11. The number of primary amides is 2. The average molecular weight is 1810 g/mol. The highest BCUT2D eigenvalue weighted by Crippen LogP contribution is 2.38. The van der Waals surface area contributed by atoms with E-state index in [9.17, 15) is 51.0 Å². The van der Waals surface area contributed by atoms with E-state index in [0.717, 1.165) is 27.6 Å². The summed E-state index contributed by atoms with van der Waals surface area (Å²) < 4.78 is 98.6. The number of furan rings is 1. The molecule has 0 saturated heterocycles. The first-order chi connectivity index (χ1) is 65.0. The van der Waals surface area contributed by atoms with Crippen LogP contribution in [-0.4, -0.2) is 134 Å². The molecule has 134 heavy (non-hydrogen) atoms. The minimum atomic E-state index is -0.829. The normalized spacial score (nSPS) is 11.6. The van der Waals surface area contributed by atoms with Gasteiger partial charge in [-0.3, -0.25) is 49.5 Å². The topological polar surface area (TPSA) is 420 Å². The Balaban J connectivity index is 0.000000143. The van der Waals surface area contributed by atoms with Gasteiger partial charge in [-0.1, -0.05) is 121 Å². The van der Waals surface area contributed by atoms with Crippen LogP contribution in [0.4, 0.5) is 22.0 Å². The van der Waals surface area contributed by atoms with Crippen molar-refractivity contribution in [2.24, 2.45) is 11.5 Å². The second-order valence-electron chi connectivity index (χ2n) is 29.3. The van der Waals surface area contributed by atoms with Crippen molar-refractivity contribution in [1.82, 2.24) is 66.9 Å². The number of H-pyrrole nitrogens is 5. The van der Waals surface area contributed by atoms with Gasteiger partial charge in [0.2, 0.25) is 5.91 Å². The lowest BCUT2D eigenvalue weighted by molar-refractivity contribution is -0.119. The van der Waals surface area contributed by atoms with E-state index in [0.29, 0.717) is 140 Å². The second kappa shape index (κ2) is 44.3. The third-order valence-electron chi connectivity index (χ3n) is 20.6. The molecular formula is C101H85F5N16O12. The third kappa shape index (κ3) is 22.8. The van der Waals surface area contributed by atoms with E-state index in [1.807, 2.05) is 42.5 Å². The van der Waals surface area contributed by atoms with Crippen molar-refractivity contribution in [2.45, 2.75) is 25.6 Å². The Morgan fingerprint density at radius 1 is 0.418 bits per heavy atom. The molecule has 676 valence electrons. The Bertz CT molecular complexity index is 7300. The summed E-state index contributed by atoms with van der Waals surface area (Å²) in [5, 5.41) is 66.2. The fraction of sp³-hybridized carbons (Fsp3) is 0.0990. The molecule has 28 nitrogen and oxygen atoms in total. The summed E-state index contributed by atoms with van der Waals surface area (Å²) in [5.74, 6) is -1.32. The van der Waals surface area contributed by atoms with Crippen LogP contribution in [0.5, 0.6) is 28.7 Å². The fourth-order valence-electron chi connectivity index (χ4n) is 14.0. The molecule has 0 aliphatic rings. The standard InChI is InChI=1S/C25H22FN3O3.C22H18FN3O3.C20H19FN4O3.C17H14FN3O2.C17H12FN3O/c1-32-24-19(25(31)27-22(15-30)17-7-3-2-4-8-17)11-13-21-23(24)20(28-29-21)12-10-16-6-5-9-18(26)14-16;1-28-21-17(22(27)24-13-16-6-3-11-29-16)8-10-19-20(21)18(25-26-19)9-7-14-4-2-5-15(23)12-14;1-11(19(22)26)23-20(27)14-7-9-16-17(18(14)28-2)15(24-25-16)8-6-12-4-3-5-13(21)10-12;1-23-16-12(17(19)22)7-9-14-15(16)13(20-21-14)8-4-10-2-5-11(18)6-3-10;1-22-17-12(10-19)5-9-15-16(17)14(20-21-15)8-4-11-2-6-13(18)7-3-11/h2-14,22,30H,15H2,1H3,(H,27,31)(H,28,29);2-12H,13H2,1H3,(H,24,27)(H,25,26);3-11H,1-2H3,(H2,22,26)(H,23,27)(H,24,25);2-9H,1H3,(H2,19,22)(H,20,21);2-9H,1H3,(H,20,21)/b12-10+;9-7+;8-6+;2*8-4+/t22-;;11-;;/m1.0../s1. The number of amides is 5. The average Bonchev–Trinajstić information content (AvgIpc) is 1.67. The molecule has 0 spiro atoms. The number of aromatic amines is 5. The molecule has 33 heteroatoms. The number of nitriles is 1. The minimum Gasteiger partial charge on any atom is -0.495 e. The number of carbonyl (C=O) groups is 5. The molecule has 0 saturated carbocycles. The largest absolute Gasteiger partial charge is 0.495 e. The molecule has 17 aromatic rings. The number of methoxy groups -OCH3 is 5. The number of nitrogens with one attached hydrogen (secondary N) is 8. The van der Waals surface area contributed by atoms with Gasteiger partial charge in [0.1, 0.15) is 75.7 Å². The first-order valence-corrected chi connectivity index (χ1v) is 41.0. The van der Waals surface area contributed by atoms with E-state index in [1.165, 1.54) is 103 Å². The van der Waals surface area contributed by atoms with Gasteiger partial charge in [-0.15, -0.1) is 0 Å². The van der Waals surface area contributed by atoms with E-state index >= 15 is 0 Å². The van der Waals surface area contributed by atoms with Crippen LogP contribution in [0.3, 0.4) is 0 Å². The highest BCUT2D eigenvalue weighted by molar-refractivity contribution is 6.10. The highest BCUT2D eigenvalue weighted by Gasteiger charge is 2.26. The smallest absolute Gasteiger partial charge is 0.255 e. The first kappa shape index (κ1) is 93.8. The number of carbonyl (C=O) groups excluding carboxylic acids is 5. The number of halogens is 5. The number of rotatable bonds is 26. The van der Waals surface area contributed by atoms with Crippen LogP contribution in [0.1, 0.15) is 128 Å². The molecule has 5 amide bonds. The van der Waals surface area contributed by atoms with Crippen molar-refractivity contribution in [3.63, 3.8) is 0 Å². The first-order valence-electron chi connectivity index (χ1n) is 41.0. The molecule has 6 aromatic heterocycles. The molecule has 17 rings (SSSR count). The summed E-state index contributed by atoms with van der Waals surface area (Å²) in [6, 6.07) is 61.1. The Morgan fingerprint density at radius 3 is 1.21 bits per heavy atom. The van der Waals surface area contributed by atoms with Gasteiger partial charge in [-0.25, -0.2) is 22.0 Å². The van der Waals surface area contributed by atoms with E-state index < -0.39 is 29.8 Å². The van der Waals surface area contributed by atoms with E-state index in [1.54, 1.807) is 188 Å². The van der Waals surface area contributed by atoms with Crippen molar-refractivity contribution in [3.05, 3.63) is 355 Å². The molecule has 6 heterocycles. The number of hydrogen-bond donors (Lipinski definition) is 11. The van der Waals surface area contributed by atoms with Gasteiger partial charge in [0.25, 0.3) is 23.6 Å². The van der Waals surface area contributed by atoms with Gasteiger partial charge in [-0.2, -0.15) is 30.8 Å². The van der Waals surface area contributed by atoms with E-state index in [4.69, 9.17) is 44.8 Å². The zero-order valence-corrected chi connectivity index (χ0v) is 72.4. The Labute approximate surface area is 761 Å². The van der Waals surface area contributed by atoms with Gasteiger partial charge in [0.15, 0.2) is 0 Å². The lowest BCUT2D eigenvalue weighted by Gasteiger charge is -2.18. The molecule has 0 radical (unpaired) electrons. The number of fused-ring (bicyclic) bond motifs is 5. The summed E-state index contributed by atoms with van der Waals surface area (Å²) in [7, 11) is 7.43. The van der Waals surface area contributed by atoms with Crippen LogP contribution >= 0.6 is 0 Å². The second-order valence-corrected chi connectivity index (χ2v) is 29.3. The summed E-state index contributed by atoms with van der Waals surface area (Å²) >= 11 is 0. The van der Waals surface area contributed by atoms with Crippen LogP contribution in [0.25, 0.3) is 115 Å². The van der Waals surface area contributed by atoms with Gasteiger partial charge >= 0.3 is 0 Å². The Morgan fingerprint density at radius 2 is 0.821 bits per heavy atom. The van der Waals surface area contributed by atoms with Crippen LogP contribution in [0, 0.1) is 40.4 Å². The van der Waals surface area contributed by atoms with Gasteiger partial charge in [-0.05, 0) is 204 Å². The molecule has 0 aliphatic carbocycles. The number of aliphatic hydroxyl groups excluding tert-OH is 1. The Hall–Kier alpha value is -17.8. The highest BCUT2D eigenvalue weighted by atomic mass is 19.1. The Kier molecular flexibility index (Phi) is 31.0. The van der Waals surface area contributed by atoms with Crippen molar-refractivity contribution in [1.29, 1.82) is 5.26 Å². The number of nitrogens with two attached hydrogens (primary N) is 2. The summed E-state index contributed by atoms with van der Waals surface area (Å²) in [6.45, 7) is 1.52. The van der Waals surface area contributed by atoms with Crippen LogP contribution in [-0.2, 0) is 11.3 Å². The SMILES string of the molecule is COc1c(C#N)ccc2[nH]nc(/C=C/c3ccc(F)cc3)c12.COc1c(C(=O)NCc2ccco2)ccc2n[nH]c(/C=C/c3cccc(F)c3)c12.COc1c(C(=O)N[C@@H](C)C(N)=O)ccc2n[nH]c(/C=C/c3cccc(F)c3)c12.COc1c(C(=O)N[C@H](CO)c2ccccc2)ccc2n[nH]c(/C=C/c3cccc(F)c3)c12.COc1c(C(N)=O)ccc2n[nH]c(/C=C/c3ccc(F)cc3)c12. The van der Waals surface area contributed by atoms with Crippen LogP contribution in [0.2, 0.25) is 0 Å². The maximum atomic E-state index is 13.5. The molecular weight excluding hydrogens is 1720 g/mol. The molecule has 2 atom stereocenters.